The van der Waals surface area contributed by atoms with Crippen LogP contribution in [-0.4, -0.2) is 22.6 Å². The van der Waals surface area contributed by atoms with Crippen molar-refractivity contribution in [3.8, 4) is 0 Å². The number of carboxylic acid groups (broad SMARTS) is 1. The van der Waals surface area contributed by atoms with Gasteiger partial charge in [0.2, 0.25) is 0 Å². The SMILES string of the molecule is Cc1ccnc(NCCCCCCC(C)C)c1C(=O)O. The Hall–Kier alpha value is -1.58. The normalized spacial score (nSPS) is 10.8. The number of anilines is 1. The number of carbonyl (C=O) groups is 1. The first-order valence-electron chi connectivity index (χ1n) is 7.45. The molecule has 0 spiro atoms. The van der Waals surface area contributed by atoms with Gasteiger partial charge in [-0.05, 0) is 30.9 Å². The summed E-state index contributed by atoms with van der Waals surface area (Å²) >= 11 is 0. The summed E-state index contributed by atoms with van der Waals surface area (Å²) in [7, 11) is 0. The number of aryl methyl sites for hydroxylation is 1. The second-order valence-electron chi connectivity index (χ2n) is 5.68. The Labute approximate surface area is 121 Å². The minimum atomic E-state index is -0.921. The van der Waals surface area contributed by atoms with Crippen molar-refractivity contribution in [1.29, 1.82) is 0 Å². The van der Waals surface area contributed by atoms with Gasteiger partial charge in [0.25, 0.3) is 0 Å². The van der Waals surface area contributed by atoms with E-state index >= 15 is 0 Å². The molecular formula is C16H26N2O2. The van der Waals surface area contributed by atoms with Crippen molar-refractivity contribution in [2.45, 2.75) is 52.9 Å². The number of aromatic nitrogens is 1. The fourth-order valence-electron chi connectivity index (χ4n) is 2.20. The molecule has 0 fully saturated rings. The van der Waals surface area contributed by atoms with Crippen LogP contribution in [0.4, 0.5) is 5.82 Å². The summed E-state index contributed by atoms with van der Waals surface area (Å²) in [4.78, 5) is 15.3. The van der Waals surface area contributed by atoms with E-state index in [9.17, 15) is 9.90 Å². The fourth-order valence-corrected chi connectivity index (χ4v) is 2.20. The van der Waals surface area contributed by atoms with Crippen LogP contribution in [-0.2, 0) is 0 Å². The van der Waals surface area contributed by atoms with Gasteiger partial charge in [-0.15, -0.1) is 0 Å². The molecule has 4 nitrogen and oxygen atoms in total. The molecule has 0 atom stereocenters. The molecule has 0 aliphatic rings. The molecular weight excluding hydrogens is 252 g/mol. The predicted octanol–water partition coefficient (Wildman–Crippen LogP) is 4.11. The summed E-state index contributed by atoms with van der Waals surface area (Å²) in [5, 5.41) is 12.3. The Kier molecular flexibility index (Phi) is 7.05. The summed E-state index contributed by atoms with van der Waals surface area (Å²) in [5.74, 6) is 0.345. The van der Waals surface area contributed by atoms with Crippen LogP contribution in [0.3, 0.4) is 0 Å². The molecule has 0 bridgehead atoms. The number of carboxylic acids is 1. The van der Waals surface area contributed by atoms with E-state index < -0.39 is 5.97 Å². The Morgan fingerprint density at radius 2 is 2.00 bits per heavy atom. The summed E-state index contributed by atoms with van der Waals surface area (Å²) in [6.07, 6.45) is 7.68. The lowest BCUT2D eigenvalue weighted by Crippen LogP contribution is -2.11. The number of nitrogens with one attached hydrogen (secondary N) is 1. The summed E-state index contributed by atoms with van der Waals surface area (Å²) < 4.78 is 0. The molecule has 20 heavy (non-hydrogen) atoms. The fraction of sp³-hybridized carbons (Fsp3) is 0.625. The maximum absolute atomic E-state index is 11.2. The summed E-state index contributed by atoms with van der Waals surface area (Å²) in [5.41, 5.74) is 1.03. The molecule has 0 unspecified atom stereocenters. The minimum absolute atomic E-state index is 0.285. The maximum atomic E-state index is 11.2. The van der Waals surface area contributed by atoms with Crippen LogP contribution in [0.5, 0.6) is 0 Å². The standard InChI is InChI=1S/C16H26N2O2/c1-12(2)8-6-4-5-7-10-17-15-14(16(19)20)13(3)9-11-18-15/h9,11-12H,4-8,10H2,1-3H3,(H,17,18)(H,19,20). The van der Waals surface area contributed by atoms with Crippen LogP contribution < -0.4 is 5.32 Å². The van der Waals surface area contributed by atoms with Crippen molar-refractivity contribution in [1.82, 2.24) is 4.98 Å². The second-order valence-corrected chi connectivity index (χ2v) is 5.68. The van der Waals surface area contributed by atoms with Gasteiger partial charge in [0.15, 0.2) is 0 Å². The van der Waals surface area contributed by atoms with Gasteiger partial charge in [-0.2, -0.15) is 0 Å². The first-order valence-corrected chi connectivity index (χ1v) is 7.45. The highest BCUT2D eigenvalue weighted by molar-refractivity contribution is 5.94. The van der Waals surface area contributed by atoms with Gasteiger partial charge >= 0.3 is 5.97 Å². The second kappa shape index (κ2) is 8.56. The number of hydrogen-bond donors (Lipinski definition) is 2. The Morgan fingerprint density at radius 1 is 1.30 bits per heavy atom. The summed E-state index contributed by atoms with van der Waals surface area (Å²) in [6, 6.07) is 1.72. The zero-order valence-electron chi connectivity index (χ0n) is 12.8. The minimum Gasteiger partial charge on any atom is -0.478 e. The van der Waals surface area contributed by atoms with E-state index in [1.54, 1.807) is 19.2 Å². The molecule has 0 amide bonds. The summed E-state index contributed by atoms with van der Waals surface area (Å²) in [6.45, 7) is 7.07. The van der Waals surface area contributed by atoms with Gasteiger partial charge in [-0.25, -0.2) is 9.78 Å². The molecule has 112 valence electrons. The van der Waals surface area contributed by atoms with E-state index in [2.05, 4.69) is 24.1 Å². The number of aromatic carboxylic acids is 1. The maximum Gasteiger partial charge on any atom is 0.339 e. The van der Waals surface area contributed by atoms with Crippen LogP contribution in [0.25, 0.3) is 0 Å². The third-order valence-corrected chi connectivity index (χ3v) is 3.37. The van der Waals surface area contributed by atoms with Gasteiger partial charge < -0.3 is 10.4 Å². The average Bonchev–Trinajstić information content (AvgIpc) is 2.36. The average molecular weight is 278 g/mol. The van der Waals surface area contributed by atoms with Gasteiger partial charge in [-0.1, -0.05) is 39.5 Å². The van der Waals surface area contributed by atoms with Crippen molar-refractivity contribution in [2.24, 2.45) is 5.92 Å². The highest BCUT2D eigenvalue weighted by Crippen LogP contribution is 2.17. The lowest BCUT2D eigenvalue weighted by Gasteiger charge is -2.10. The first-order chi connectivity index (χ1) is 9.52. The molecule has 4 heteroatoms. The van der Waals surface area contributed by atoms with Crippen molar-refractivity contribution in [3.05, 3.63) is 23.4 Å². The predicted molar refractivity (Wildman–Crippen MR) is 82.3 cm³/mol. The van der Waals surface area contributed by atoms with Crippen LogP contribution in [0, 0.1) is 12.8 Å². The van der Waals surface area contributed by atoms with E-state index in [4.69, 9.17) is 0 Å². The highest BCUT2D eigenvalue weighted by atomic mass is 16.4. The topological polar surface area (TPSA) is 62.2 Å². The number of rotatable bonds is 9. The molecule has 0 aromatic carbocycles. The Bertz CT molecular complexity index is 430. The zero-order chi connectivity index (χ0) is 15.0. The van der Waals surface area contributed by atoms with Gasteiger partial charge in [0.1, 0.15) is 11.4 Å². The van der Waals surface area contributed by atoms with E-state index in [1.165, 1.54) is 25.7 Å². The number of unbranched alkanes of at least 4 members (excludes halogenated alkanes) is 3. The molecule has 1 aromatic heterocycles. The van der Waals surface area contributed by atoms with Crippen LogP contribution in [0.2, 0.25) is 0 Å². The van der Waals surface area contributed by atoms with Crippen LogP contribution in [0.15, 0.2) is 12.3 Å². The largest absolute Gasteiger partial charge is 0.478 e. The zero-order valence-corrected chi connectivity index (χ0v) is 12.8. The molecule has 0 radical (unpaired) electrons. The van der Waals surface area contributed by atoms with E-state index in [1.807, 2.05) is 0 Å². The molecule has 2 N–H and O–H groups in total. The van der Waals surface area contributed by atoms with Crippen molar-refractivity contribution >= 4 is 11.8 Å². The third-order valence-electron chi connectivity index (χ3n) is 3.37. The lowest BCUT2D eigenvalue weighted by atomic mass is 10.0. The van der Waals surface area contributed by atoms with Gasteiger partial charge in [0.05, 0.1) is 0 Å². The molecule has 0 aliphatic heterocycles. The number of pyridine rings is 1. The Balaban J connectivity index is 2.32. The van der Waals surface area contributed by atoms with E-state index in [0.717, 1.165) is 24.4 Å². The highest BCUT2D eigenvalue weighted by Gasteiger charge is 2.13. The molecule has 0 saturated heterocycles. The van der Waals surface area contributed by atoms with Crippen molar-refractivity contribution < 1.29 is 9.90 Å². The monoisotopic (exact) mass is 278 g/mol. The van der Waals surface area contributed by atoms with E-state index in [0.29, 0.717) is 5.82 Å². The molecule has 1 rings (SSSR count). The van der Waals surface area contributed by atoms with Crippen molar-refractivity contribution in [3.63, 3.8) is 0 Å². The first kappa shape index (κ1) is 16.5. The number of hydrogen-bond acceptors (Lipinski definition) is 3. The van der Waals surface area contributed by atoms with Gasteiger partial charge in [0, 0.05) is 12.7 Å². The molecule has 0 saturated carbocycles. The molecule has 0 aliphatic carbocycles. The van der Waals surface area contributed by atoms with E-state index in [-0.39, 0.29) is 5.56 Å². The number of nitrogens with zero attached hydrogens (tertiary/aromatic N) is 1. The van der Waals surface area contributed by atoms with Crippen LogP contribution in [0.1, 0.15) is 61.9 Å². The van der Waals surface area contributed by atoms with Gasteiger partial charge in [-0.3, -0.25) is 0 Å². The molecule has 1 aromatic rings. The quantitative estimate of drug-likeness (QED) is 0.667. The smallest absolute Gasteiger partial charge is 0.339 e. The lowest BCUT2D eigenvalue weighted by molar-refractivity contribution is 0.0697. The Morgan fingerprint density at radius 3 is 2.65 bits per heavy atom. The molecule has 1 heterocycles. The van der Waals surface area contributed by atoms with Crippen LogP contribution >= 0.6 is 0 Å². The van der Waals surface area contributed by atoms with Crippen molar-refractivity contribution in [2.75, 3.05) is 11.9 Å². The third kappa shape index (κ3) is 5.59.